The lowest BCUT2D eigenvalue weighted by Gasteiger charge is -2.16. The third-order valence-corrected chi connectivity index (χ3v) is 7.19. The molecule has 2 amide bonds. The average molecular weight is 726 g/mol. The molecule has 20 heteroatoms. The van der Waals surface area contributed by atoms with Gasteiger partial charge in [0.2, 0.25) is 0 Å². The van der Waals surface area contributed by atoms with Crippen molar-refractivity contribution >= 4 is 29.1 Å². The second kappa shape index (κ2) is 14.1. The number of aryl methyl sites for hydroxylation is 2. The molecule has 50 heavy (non-hydrogen) atoms. The summed E-state index contributed by atoms with van der Waals surface area (Å²) in [6.45, 7) is -0.216. The third-order valence-electron chi connectivity index (χ3n) is 6.89. The first-order valence-electron chi connectivity index (χ1n) is 14.2. The van der Waals surface area contributed by atoms with Crippen molar-refractivity contribution in [1.29, 1.82) is 0 Å². The molecule has 2 N–H and O–H groups in total. The Morgan fingerprint density at radius 1 is 0.980 bits per heavy atom. The molecule has 2 aromatic carbocycles. The number of hydrogen-bond donors (Lipinski definition) is 2. The number of carbonyl (C=O) groups is 2. The number of alkyl halides is 7. The van der Waals surface area contributed by atoms with E-state index in [1.54, 1.807) is 19.9 Å². The van der Waals surface area contributed by atoms with E-state index in [1.807, 2.05) is 0 Å². The summed E-state index contributed by atoms with van der Waals surface area (Å²) in [5.41, 5.74) is 1.61. The number of aromatic nitrogens is 7. The molecule has 0 aliphatic rings. The number of pyridine rings is 1. The highest BCUT2D eigenvalue weighted by atomic mass is 35.5. The average Bonchev–Trinajstić information content (AvgIpc) is 3.69. The van der Waals surface area contributed by atoms with Crippen molar-refractivity contribution in [1.82, 2.24) is 40.3 Å². The van der Waals surface area contributed by atoms with E-state index >= 15 is 0 Å². The van der Waals surface area contributed by atoms with Crippen LogP contribution in [0.3, 0.4) is 0 Å². The molecule has 0 fully saturated rings. The fourth-order valence-corrected chi connectivity index (χ4v) is 4.83. The third kappa shape index (κ3) is 7.82. The Morgan fingerprint density at radius 3 is 2.36 bits per heavy atom. The van der Waals surface area contributed by atoms with E-state index in [1.165, 1.54) is 54.7 Å². The van der Waals surface area contributed by atoms with E-state index in [-0.39, 0.29) is 45.8 Å². The Bertz CT molecular complexity index is 2030. The zero-order valence-electron chi connectivity index (χ0n) is 25.6. The number of tetrazole rings is 1. The molecule has 0 saturated heterocycles. The van der Waals surface area contributed by atoms with Crippen LogP contribution >= 0.6 is 11.6 Å². The maximum atomic E-state index is 13.8. The number of ether oxygens (including phenoxy) is 1. The molecule has 0 bridgehead atoms. The Kier molecular flexibility index (Phi) is 10.1. The molecule has 262 valence electrons. The maximum Gasteiger partial charge on any atom is 0.461 e. The topological polar surface area (TPSA) is 142 Å². The van der Waals surface area contributed by atoms with Crippen LogP contribution in [-0.2, 0) is 19.0 Å². The minimum Gasteiger partial charge on any atom is -0.435 e. The van der Waals surface area contributed by atoms with Gasteiger partial charge in [-0.25, -0.2) is 9.67 Å². The number of carbonyl (C=O) groups excluding carboxylic acids is 2. The normalized spacial score (nSPS) is 11.9. The van der Waals surface area contributed by atoms with E-state index in [9.17, 15) is 40.3 Å². The summed E-state index contributed by atoms with van der Waals surface area (Å²) >= 11 is 6.31. The Hall–Kier alpha value is -5.59. The molecule has 0 radical (unpaired) electrons. The quantitative estimate of drug-likeness (QED) is 0.158. The van der Waals surface area contributed by atoms with Crippen LogP contribution in [0.5, 0.6) is 5.75 Å². The summed E-state index contributed by atoms with van der Waals surface area (Å²) < 4.78 is 96.2. The number of anilines is 1. The van der Waals surface area contributed by atoms with Crippen molar-refractivity contribution in [2.24, 2.45) is 0 Å². The molecule has 0 spiro atoms. The number of hydrogen-bond acceptors (Lipinski definition) is 8. The summed E-state index contributed by atoms with van der Waals surface area (Å²) in [6.07, 6.45) is -4.62. The summed E-state index contributed by atoms with van der Waals surface area (Å²) in [6, 6.07) is 13.0. The number of nitrogens with one attached hydrogen (secondary N) is 2. The highest BCUT2D eigenvalue weighted by Gasteiger charge is 2.62. The van der Waals surface area contributed by atoms with Gasteiger partial charge in [0.25, 0.3) is 17.6 Å². The van der Waals surface area contributed by atoms with Gasteiger partial charge in [0.05, 0.1) is 22.0 Å². The zero-order chi connectivity index (χ0) is 36.4. The second-order valence-electron chi connectivity index (χ2n) is 10.6. The first kappa shape index (κ1) is 35.7. The van der Waals surface area contributed by atoms with Crippen molar-refractivity contribution in [2.75, 3.05) is 5.32 Å². The van der Waals surface area contributed by atoms with Gasteiger partial charge in [-0.05, 0) is 72.1 Å². The van der Waals surface area contributed by atoms with Gasteiger partial charge in [0.15, 0.2) is 5.82 Å². The molecule has 3 heterocycles. The molecule has 0 atom stereocenters. The van der Waals surface area contributed by atoms with E-state index in [0.717, 1.165) is 4.68 Å². The van der Waals surface area contributed by atoms with Gasteiger partial charge >= 0.3 is 18.7 Å². The van der Waals surface area contributed by atoms with Crippen LogP contribution in [0.1, 0.15) is 49.1 Å². The van der Waals surface area contributed by atoms with E-state index in [4.69, 9.17) is 11.6 Å². The zero-order valence-corrected chi connectivity index (χ0v) is 26.4. The highest BCUT2D eigenvalue weighted by Crippen LogP contribution is 2.42. The van der Waals surface area contributed by atoms with Gasteiger partial charge in [-0.1, -0.05) is 29.8 Å². The van der Waals surface area contributed by atoms with Gasteiger partial charge in [-0.3, -0.25) is 9.59 Å². The van der Waals surface area contributed by atoms with Gasteiger partial charge in [-0.15, -0.1) is 10.2 Å². The lowest BCUT2D eigenvalue weighted by Crippen LogP contribution is -2.35. The highest BCUT2D eigenvalue weighted by molar-refractivity contribution is 6.32. The van der Waals surface area contributed by atoms with Gasteiger partial charge < -0.3 is 15.4 Å². The Morgan fingerprint density at radius 2 is 1.70 bits per heavy atom. The smallest absolute Gasteiger partial charge is 0.435 e. The van der Waals surface area contributed by atoms with Crippen LogP contribution in [0.4, 0.5) is 36.4 Å². The Labute approximate surface area is 282 Å². The van der Waals surface area contributed by atoms with Crippen LogP contribution in [-0.4, -0.2) is 59.6 Å². The lowest BCUT2D eigenvalue weighted by molar-refractivity contribution is -0.292. The van der Waals surface area contributed by atoms with Crippen molar-refractivity contribution < 1.29 is 45.1 Å². The van der Waals surface area contributed by atoms with E-state index < -0.39 is 42.9 Å². The molecule has 0 aliphatic carbocycles. The SMILES string of the molecule is Cc1cc(C)c(NC(=O)c2cc(Cn3nnc(C(F)(F)C(F)(F)F)n3)nn2-c2ncccc2Cl)c(C(=O)NCc2ccc(OC(F)F)cc2)c1. The van der Waals surface area contributed by atoms with E-state index in [2.05, 4.69) is 40.9 Å². The maximum absolute atomic E-state index is 13.8. The molecule has 5 rings (SSSR count). The standard InChI is InChI=1S/C30H23ClF7N9O3/c1-15-10-16(2)23(20(11-15)25(48)40-13-17-5-7-19(8-6-17)50-28(32)33)41-26(49)22-12-18(43-47(22)24-21(31)4-3-9-39-24)14-46-44-27(42-45-46)29(34,35)30(36,37)38/h3-12,28H,13-14H2,1-2H3,(H,40,48)(H,41,49). The number of benzene rings is 2. The van der Waals surface area contributed by atoms with Crippen molar-refractivity contribution in [3.05, 3.63) is 105 Å². The van der Waals surface area contributed by atoms with Crippen LogP contribution in [0.25, 0.3) is 5.82 Å². The summed E-state index contributed by atoms with van der Waals surface area (Å²) in [5.74, 6) is -8.78. The van der Waals surface area contributed by atoms with Gasteiger partial charge in [-0.2, -0.15) is 40.6 Å². The number of nitrogens with zero attached hydrogens (tertiary/aromatic N) is 7. The molecule has 0 aliphatic heterocycles. The largest absolute Gasteiger partial charge is 0.461 e. The Balaban J connectivity index is 1.42. The summed E-state index contributed by atoms with van der Waals surface area (Å²) in [4.78, 5) is 31.8. The van der Waals surface area contributed by atoms with Gasteiger partial charge in [0, 0.05) is 12.7 Å². The number of halogens is 8. The monoisotopic (exact) mass is 725 g/mol. The van der Waals surface area contributed by atoms with Crippen LogP contribution in [0.2, 0.25) is 5.02 Å². The van der Waals surface area contributed by atoms with Gasteiger partial charge in [0.1, 0.15) is 18.0 Å². The van der Waals surface area contributed by atoms with Crippen LogP contribution < -0.4 is 15.4 Å². The number of rotatable bonds is 11. The fourth-order valence-electron chi connectivity index (χ4n) is 4.63. The summed E-state index contributed by atoms with van der Waals surface area (Å²) in [5, 5.41) is 18.9. The lowest BCUT2D eigenvalue weighted by atomic mass is 10.0. The second-order valence-corrected chi connectivity index (χ2v) is 11.0. The first-order chi connectivity index (χ1) is 23.5. The first-order valence-corrected chi connectivity index (χ1v) is 14.6. The minimum atomic E-state index is -5.97. The van der Waals surface area contributed by atoms with Crippen LogP contribution in [0.15, 0.2) is 60.8 Å². The summed E-state index contributed by atoms with van der Waals surface area (Å²) in [7, 11) is 0. The molecule has 0 unspecified atom stereocenters. The van der Waals surface area contributed by atoms with Crippen molar-refractivity contribution in [3.8, 4) is 11.6 Å². The fraction of sp³-hybridized carbons (Fsp3) is 0.233. The molecule has 0 saturated carbocycles. The molecular formula is C30H23ClF7N9O3. The predicted molar refractivity (Wildman–Crippen MR) is 161 cm³/mol. The molecule has 12 nitrogen and oxygen atoms in total. The van der Waals surface area contributed by atoms with Crippen molar-refractivity contribution in [2.45, 2.75) is 45.6 Å². The molecular weight excluding hydrogens is 703 g/mol. The predicted octanol–water partition coefficient (Wildman–Crippen LogP) is 6.01. The minimum absolute atomic E-state index is 0.00455. The molecule has 5 aromatic rings. The number of amides is 2. The van der Waals surface area contributed by atoms with E-state index in [0.29, 0.717) is 21.5 Å². The van der Waals surface area contributed by atoms with Crippen LogP contribution in [0, 0.1) is 13.8 Å². The van der Waals surface area contributed by atoms with Crippen molar-refractivity contribution in [3.63, 3.8) is 0 Å². The molecule has 3 aromatic heterocycles.